The molecule has 1 aliphatic rings. The van der Waals surface area contributed by atoms with E-state index in [1.807, 2.05) is 19.1 Å². The van der Waals surface area contributed by atoms with Crippen LogP contribution in [0.5, 0.6) is 0 Å². The van der Waals surface area contributed by atoms with Gasteiger partial charge in [-0.1, -0.05) is 6.07 Å². The molecule has 0 bridgehead atoms. The van der Waals surface area contributed by atoms with Crippen LogP contribution >= 0.6 is 0 Å². The van der Waals surface area contributed by atoms with Crippen LogP contribution < -0.4 is 5.32 Å². The van der Waals surface area contributed by atoms with Gasteiger partial charge in [0.05, 0.1) is 0 Å². The van der Waals surface area contributed by atoms with Crippen molar-refractivity contribution in [2.45, 2.75) is 19.8 Å². The molecule has 1 aromatic heterocycles. The van der Waals surface area contributed by atoms with Gasteiger partial charge in [0.25, 0.3) is 0 Å². The summed E-state index contributed by atoms with van der Waals surface area (Å²) in [5.74, 6) is 0.779. The summed E-state index contributed by atoms with van der Waals surface area (Å²) in [5.41, 5.74) is 0.875. The third kappa shape index (κ3) is 3.20. The summed E-state index contributed by atoms with van der Waals surface area (Å²) >= 11 is 0. The van der Waals surface area contributed by atoms with Gasteiger partial charge >= 0.3 is 6.03 Å². The topological polar surface area (TPSA) is 65.5 Å². The minimum atomic E-state index is -0.133. The predicted molar refractivity (Wildman–Crippen MR) is 69.4 cm³/mol. The van der Waals surface area contributed by atoms with Crippen LogP contribution in [-0.4, -0.2) is 40.7 Å². The number of rotatable bonds is 2. The highest BCUT2D eigenvalue weighted by molar-refractivity contribution is 5.88. The van der Waals surface area contributed by atoms with E-state index in [9.17, 15) is 4.79 Å². The zero-order valence-corrected chi connectivity index (χ0v) is 10.6. The van der Waals surface area contributed by atoms with Crippen molar-refractivity contribution >= 4 is 11.8 Å². The summed E-state index contributed by atoms with van der Waals surface area (Å²) in [5, 5.41) is 11.9. The number of aliphatic hydroxyl groups is 1. The highest BCUT2D eigenvalue weighted by Gasteiger charge is 2.23. The largest absolute Gasteiger partial charge is 0.396 e. The van der Waals surface area contributed by atoms with Crippen LogP contribution in [0.15, 0.2) is 18.2 Å². The van der Waals surface area contributed by atoms with Crippen LogP contribution in [0.25, 0.3) is 0 Å². The van der Waals surface area contributed by atoms with Gasteiger partial charge in [-0.3, -0.25) is 5.32 Å². The first-order valence-corrected chi connectivity index (χ1v) is 6.29. The van der Waals surface area contributed by atoms with Crippen LogP contribution in [0.4, 0.5) is 10.6 Å². The van der Waals surface area contributed by atoms with Crippen molar-refractivity contribution in [1.29, 1.82) is 0 Å². The molecular weight excluding hydrogens is 230 g/mol. The second-order valence-electron chi connectivity index (χ2n) is 4.73. The summed E-state index contributed by atoms with van der Waals surface area (Å²) in [6, 6.07) is 5.40. The zero-order chi connectivity index (χ0) is 13.0. The van der Waals surface area contributed by atoms with Crippen molar-refractivity contribution in [1.82, 2.24) is 9.88 Å². The maximum absolute atomic E-state index is 12.0. The zero-order valence-electron chi connectivity index (χ0n) is 10.6. The van der Waals surface area contributed by atoms with E-state index < -0.39 is 0 Å². The third-order valence-electron chi connectivity index (χ3n) is 3.19. The van der Waals surface area contributed by atoms with E-state index in [4.69, 9.17) is 5.11 Å². The first kappa shape index (κ1) is 12.8. The maximum Gasteiger partial charge on any atom is 0.323 e. The number of anilines is 1. The Morgan fingerprint density at radius 2 is 2.44 bits per heavy atom. The van der Waals surface area contributed by atoms with Crippen LogP contribution in [0.3, 0.4) is 0 Å². The summed E-state index contributed by atoms with van der Waals surface area (Å²) in [6.07, 6.45) is 1.93. The highest BCUT2D eigenvalue weighted by Crippen LogP contribution is 2.16. The lowest BCUT2D eigenvalue weighted by molar-refractivity contribution is 0.136. The first-order valence-electron chi connectivity index (χ1n) is 6.29. The fraction of sp³-hybridized carbons (Fsp3) is 0.538. The number of hydrogen-bond acceptors (Lipinski definition) is 3. The average Bonchev–Trinajstić information content (AvgIpc) is 2.39. The molecular formula is C13H19N3O2. The van der Waals surface area contributed by atoms with Crippen LogP contribution in [0, 0.1) is 12.8 Å². The lowest BCUT2D eigenvalue weighted by Gasteiger charge is -2.31. The van der Waals surface area contributed by atoms with Crippen molar-refractivity contribution in [3.05, 3.63) is 23.9 Å². The minimum absolute atomic E-state index is 0.133. The Kier molecular flexibility index (Phi) is 4.15. The van der Waals surface area contributed by atoms with Gasteiger partial charge in [0.2, 0.25) is 0 Å². The first-order chi connectivity index (χ1) is 8.69. The second-order valence-corrected chi connectivity index (χ2v) is 4.73. The number of amides is 2. The molecule has 0 radical (unpaired) electrons. The number of likely N-dealkylation sites (tertiary alicyclic amines) is 1. The second kappa shape index (κ2) is 5.82. The van der Waals surface area contributed by atoms with Crippen LogP contribution in [0.2, 0.25) is 0 Å². The van der Waals surface area contributed by atoms with E-state index in [1.54, 1.807) is 11.0 Å². The monoisotopic (exact) mass is 249 g/mol. The molecule has 0 aliphatic carbocycles. The Labute approximate surface area is 107 Å². The molecule has 2 amide bonds. The van der Waals surface area contributed by atoms with E-state index in [-0.39, 0.29) is 18.6 Å². The lowest BCUT2D eigenvalue weighted by Crippen LogP contribution is -2.43. The molecule has 0 spiro atoms. The fourth-order valence-corrected chi connectivity index (χ4v) is 2.20. The van der Waals surface area contributed by atoms with Gasteiger partial charge in [0, 0.05) is 25.4 Å². The minimum Gasteiger partial charge on any atom is -0.396 e. The number of pyridine rings is 1. The average molecular weight is 249 g/mol. The highest BCUT2D eigenvalue weighted by atomic mass is 16.3. The number of nitrogens with zero attached hydrogens (tertiary/aromatic N) is 2. The summed E-state index contributed by atoms with van der Waals surface area (Å²) in [4.78, 5) is 18.0. The smallest absolute Gasteiger partial charge is 0.323 e. The van der Waals surface area contributed by atoms with Crippen molar-refractivity contribution in [2.24, 2.45) is 5.92 Å². The molecule has 2 N–H and O–H groups in total. The molecule has 18 heavy (non-hydrogen) atoms. The molecule has 0 saturated carbocycles. The standard InChI is InChI=1S/C13H19N3O2/c1-10-4-2-6-12(14-10)15-13(18)16-7-3-5-11(8-16)9-17/h2,4,6,11,17H,3,5,7-9H2,1H3,(H,14,15,18). The summed E-state index contributed by atoms with van der Waals surface area (Å²) in [7, 11) is 0. The Morgan fingerprint density at radius 1 is 1.61 bits per heavy atom. The molecule has 5 nitrogen and oxygen atoms in total. The Balaban J connectivity index is 1.95. The molecule has 1 atom stereocenters. The number of carbonyl (C=O) groups is 1. The Bertz CT molecular complexity index is 422. The van der Waals surface area contributed by atoms with Crippen molar-refractivity contribution < 1.29 is 9.90 Å². The van der Waals surface area contributed by atoms with Crippen LogP contribution in [-0.2, 0) is 0 Å². The van der Waals surface area contributed by atoms with Gasteiger partial charge in [-0.15, -0.1) is 0 Å². The van der Waals surface area contributed by atoms with E-state index >= 15 is 0 Å². The Hall–Kier alpha value is -1.62. The number of nitrogens with one attached hydrogen (secondary N) is 1. The molecule has 1 aliphatic heterocycles. The van der Waals surface area contributed by atoms with Crippen molar-refractivity contribution in [3.63, 3.8) is 0 Å². The van der Waals surface area contributed by atoms with Gasteiger partial charge in [-0.25, -0.2) is 9.78 Å². The van der Waals surface area contributed by atoms with E-state index in [0.29, 0.717) is 12.4 Å². The molecule has 1 fully saturated rings. The molecule has 1 unspecified atom stereocenters. The Morgan fingerprint density at radius 3 is 3.17 bits per heavy atom. The van der Waals surface area contributed by atoms with E-state index in [2.05, 4.69) is 10.3 Å². The SMILES string of the molecule is Cc1cccc(NC(=O)N2CCCC(CO)C2)n1. The van der Waals surface area contributed by atoms with Gasteiger partial charge < -0.3 is 10.0 Å². The normalized spacial score (nSPS) is 19.7. The van der Waals surface area contributed by atoms with E-state index in [1.165, 1.54) is 0 Å². The number of carbonyl (C=O) groups excluding carboxylic acids is 1. The number of aromatic nitrogens is 1. The van der Waals surface area contributed by atoms with Gasteiger partial charge in [0.1, 0.15) is 5.82 Å². The van der Waals surface area contributed by atoms with Gasteiger partial charge in [0.15, 0.2) is 0 Å². The number of aliphatic hydroxyl groups excluding tert-OH is 1. The summed E-state index contributed by atoms with van der Waals surface area (Å²) in [6.45, 7) is 3.40. The number of urea groups is 1. The number of aryl methyl sites for hydroxylation is 1. The fourth-order valence-electron chi connectivity index (χ4n) is 2.20. The number of hydrogen-bond donors (Lipinski definition) is 2. The van der Waals surface area contributed by atoms with Crippen molar-refractivity contribution in [2.75, 3.05) is 25.0 Å². The molecule has 1 saturated heterocycles. The third-order valence-corrected chi connectivity index (χ3v) is 3.19. The lowest BCUT2D eigenvalue weighted by atomic mass is 9.99. The van der Waals surface area contributed by atoms with Crippen LogP contribution in [0.1, 0.15) is 18.5 Å². The maximum atomic E-state index is 12.0. The van der Waals surface area contributed by atoms with Crippen molar-refractivity contribution in [3.8, 4) is 0 Å². The number of piperidine rings is 1. The molecule has 2 heterocycles. The molecule has 2 rings (SSSR count). The molecule has 0 aromatic carbocycles. The van der Waals surface area contributed by atoms with E-state index in [0.717, 1.165) is 25.1 Å². The quantitative estimate of drug-likeness (QED) is 0.837. The van der Waals surface area contributed by atoms with Gasteiger partial charge in [-0.05, 0) is 37.8 Å². The molecule has 1 aromatic rings. The summed E-state index contributed by atoms with van der Waals surface area (Å²) < 4.78 is 0. The molecule has 5 heteroatoms. The van der Waals surface area contributed by atoms with Gasteiger partial charge in [-0.2, -0.15) is 0 Å². The molecule has 98 valence electrons. The predicted octanol–water partition coefficient (Wildman–Crippen LogP) is 1.63.